The van der Waals surface area contributed by atoms with Crippen LogP contribution in [0.25, 0.3) is 11.1 Å². The number of nitrogens with one attached hydrogen (secondary N) is 1. The van der Waals surface area contributed by atoms with Crippen LogP contribution in [-0.4, -0.2) is 42.4 Å². The van der Waals surface area contributed by atoms with Crippen molar-refractivity contribution < 1.29 is 9.53 Å². The van der Waals surface area contributed by atoms with Crippen molar-refractivity contribution in [1.82, 2.24) is 10.2 Å². The minimum absolute atomic E-state index is 0.140. The lowest BCUT2D eigenvalue weighted by Crippen LogP contribution is -2.35. The number of hydrogen-bond acceptors (Lipinski definition) is 7. The first kappa shape index (κ1) is 20.0. The highest BCUT2D eigenvalue weighted by Gasteiger charge is 2.22. The SMILES string of the molecule is CC(C)Cc1nnc(NC(=O)c2cc(-c3ccccc3)c(N3CCOCC3)s2)s1. The Kier molecular flexibility index (Phi) is 6.22. The van der Waals surface area contributed by atoms with Crippen molar-refractivity contribution >= 4 is 38.7 Å². The zero-order valence-electron chi connectivity index (χ0n) is 16.6. The second kappa shape index (κ2) is 9.02. The normalized spacial score (nSPS) is 14.4. The first-order chi connectivity index (χ1) is 14.1. The lowest BCUT2D eigenvalue weighted by molar-refractivity contribution is 0.103. The lowest BCUT2D eigenvalue weighted by Gasteiger charge is -2.28. The van der Waals surface area contributed by atoms with E-state index in [1.54, 1.807) is 0 Å². The molecular weight excluding hydrogens is 404 g/mol. The summed E-state index contributed by atoms with van der Waals surface area (Å²) in [6, 6.07) is 12.2. The van der Waals surface area contributed by atoms with E-state index in [0.29, 0.717) is 29.1 Å². The molecule has 0 saturated carbocycles. The third kappa shape index (κ3) is 4.83. The standard InChI is InChI=1S/C21H24N4O2S2/c1-14(2)12-18-23-24-21(29-18)22-19(26)17-13-16(15-6-4-3-5-7-15)20(28-17)25-8-10-27-11-9-25/h3-7,13-14H,8-12H2,1-2H3,(H,22,24,26). The fraction of sp³-hybridized carbons (Fsp3) is 0.381. The minimum atomic E-state index is -0.140. The monoisotopic (exact) mass is 428 g/mol. The Balaban J connectivity index is 1.59. The van der Waals surface area contributed by atoms with Gasteiger partial charge in [-0.05, 0) is 17.5 Å². The van der Waals surface area contributed by atoms with E-state index >= 15 is 0 Å². The lowest BCUT2D eigenvalue weighted by atomic mass is 10.1. The van der Waals surface area contributed by atoms with Gasteiger partial charge in [0.15, 0.2) is 0 Å². The molecule has 1 aliphatic heterocycles. The highest BCUT2D eigenvalue weighted by Crippen LogP contribution is 2.39. The van der Waals surface area contributed by atoms with Crippen LogP contribution < -0.4 is 10.2 Å². The second-order valence-corrected chi connectivity index (χ2v) is 9.44. The van der Waals surface area contributed by atoms with Crippen LogP contribution in [0.4, 0.5) is 10.1 Å². The third-order valence-electron chi connectivity index (χ3n) is 4.59. The quantitative estimate of drug-likeness (QED) is 0.624. The summed E-state index contributed by atoms with van der Waals surface area (Å²) in [5.41, 5.74) is 2.19. The molecule has 2 aromatic heterocycles. The Morgan fingerprint density at radius 3 is 2.66 bits per heavy atom. The predicted molar refractivity (Wildman–Crippen MR) is 119 cm³/mol. The van der Waals surface area contributed by atoms with Crippen LogP contribution in [0, 0.1) is 5.92 Å². The molecule has 0 spiro atoms. The Bertz CT molecular complexity index is 962. The molecule has 3 aromatic rings. The van der Waals surface area contributed by atoms with Crippen LogP contribution >= 0.6 is 22.7 Å². The summed E-state index contributed by atoms with van der Waals surface area (Å²) in [7, 11) is 0. The number of amides is 1. The van der Waals surface area contributed by atoms with Crippen LogP contribution in [0.1, 0.15) is 28.5 Å². The smallest absolute Gasteiger partial charge is 0.267 e. The number of ether oxygens (including phenoxy) is 1. The molecule has 1 N–H and O–H groups in total. The van der Waals surface area contributed by atoms with Gasteiger partial charge in [-0.25, -0.2) is 0 Å². The fourth-order valence-electron chi connectivity index (χ4n) is 3.21. The van der Waals surface area contributed by atoms with E-state index < -0.39 is 0 Å². The van der Waals surface area contributed by atoms with Gasteiger partial charge < -0.3 is 9.64 Å². The number of nitrogens with zero attached hydrogens (tertiary/aromatic N) is 3. The maximum atomic E-state index is 12.9. The van der Waals surface area contributed by atoms with Gasteiger partial charge in [-0.15, -0.1) is 21.5 Å². The van der Waals surface area contributed by atoms with Crippen molar-refractivity contribution in [2.45, 2.75) is 20.3 Å². The van der Waals surface area contributed by atoms with Gasteiger partial charge >= 0.3 is 0 Å². The van der Waals surface area contributed by atoms with E-state index in [1.807, 2.05) is 24.3 Å². The molecule has 0 atom stereocenters. The van der Waals surface area contributed by atoms with Gasteiger partial charge in [-0.2, -0.15) is 0 Å². The van der Waals surface area contributed by atoms with Crippen molar-refractivity contribution in [3.05, 3.63) is 46.3 Å². The molecule has 1 fully saturated rings. The highest BCUT2D eigenvalue weighted by molar-refractivity contribution is 7.19. The third-order valence-corrected chi connectivity index (χ3v) is 6.65. The average Bonchev–Trinajstić information content (AvgIpc) is 3.36. The van der Waals surface area contributed by atoms with Crippen molar-refractivity contribution in [1.29, 1.82) is 0 Å². The summed E-state index contributed by atoms with van der Waals surface area (Å²) in [4.78, 5) is 15.9. The molecule has 29 heavy (non-hydrogen) atoms. The average molecular weight is 429 g/mol. The summed E-state index contributed by atoms with van der Waals surface area (Å²) in [6.45, 7) is 7.36. The number of benzene rings is 1. The molecule has 1 saturated heterocycles. The largest absolute Gasteiger partial charge is 0.378 e. The molecular formula is C21H24N4O2S2. The van der Waals surface area contributed by atoms with E-state index in [9.17, 15) is 4.79 Å². The maximum Gasteiger partial charge on any atom is 0.267 e. The van der Waals surface area contributed by atoms with E-state index in [0.717, 1.165) is 40.6 Å². The topological polar surface area (TPSA) is 67.4 Å². The molecule has 152 valence electrons. The molecule has 0 aliphatic carbocycles. The van der Waals surface area contributed by atoms with Gasteiger partial charge in [0.2, 0.25) is 5.13 Å². The van der Waals surface area contributed by atoms with Gasteiger partial charge in [0.05, 0.1) is 23.1 Å². The summed E-state index contributed by atoms with van der Waals surface area (Å²) >= 11 is 2.96. The van der Waals surface area contributed by atoms with Crippen molar-refractivity contribution in [2.75, 3.05) is 36.5 Å². The Labute approximate surface area is 178 Å². The number of morpholine rings is 1. The van der Waals surface area contributed by atoms with Gasteiger partial charge in [-0.1, -0.05) is 55.5 Å². The van der Waals surface area contributed by atoms with Crippen LogP contribution in [0.15, 0.2) is 36.4 Å². The number of aromatic nitrogens is 2. The molecule has 1 aliphatic rings. The first-order valence-corrected chi connectivity index (χ1v) is 11.4. The number of thiophene rings is 1. The van der Waals surface area contributed by atoms with Gasteiger partial charge in [0.1, 0.15) is 5.01 Å². The number of carbonyl (C=O) groups is 1. The number of hydrogen-bond donors (Lipinski definition) is 1. The molecule has 8 heteroatoms. The molecule has 4 rings (SSSR count). The van der Waals surface area contributed by atoms with Gasteiger partial charge in [0, 0.05) is 25.1 Å². The summed E-state index contributed by atoms with van der Waals surface area (Å²) in [5, 5.41) is 13.8. The predicted octanol–water partition coefficient (Wildman–Crippen LogP) is 4.55. The van der Waals surface area contributed by atoms with Gasteiger partial charge in [-0.3, -0.25) is 10.1 Å². The van der Waals surface area contributed by atoms with E-state index in [1.165, 1.54) is 22.7 Å². The molecule has 3 heterocycles. The van der Waals surface area contributed by atoms with Crippen molar-refractivity contribution in [3.8, 4) is 11.1 Å². The molecule has 1 amide bonds. The van der Waals surface area contributed by atoms with E-state index in [-0.39, 0.29) is 5.91 Å². The highest BCUT2D eigenvalue weighted by atomic mass is 32.1. The second-order valence-electron chi connectivity index (χ2n) is 7.35. The van der Waals surface area contributed by atoms with Gasteiger partial charge in [0.25, 0.3) is 5.91 Å². The zero-order valence-corrected chi connectivity index (χ0v) is 18.2. The van der Waals surface area contributed by atoms with Crippen molar-refractivity contribution in [3.63, 3.8) is 0 Å². The summed E-state index contributed by atoms with van der Waals surface area (Å²) < 4.78 is 5.50. The first-order valence-electron chi connectivity index (χ1n) is 9.76. The Morgan fingerprint density at radius 1 is 1.17 bits per heavy atom. The molecule has 0 bridgehead atoms. The summed E-state index contributed by atoms with van der Waals surface area (Å²) in [5.74, 6) is 0.368. The number of anilines is 2. The molecule has 0 unspecified atom stereocenters. The Morgan fingerprint density at radius 2 is 1.93 bits per heavy atom. The Hall–Kier alpha value is -2.29. The summed E-state index contributed by atoms with van der Waals surface area (Å²) in [6.07, 6.45) is 0.867. The zero-order chi connectivity index (χ0) is 20.2. The van der Waals surface area contributed by atoms with E-state index in [2.05, 4.69) is 46.4 Å². The van der Waals surface area contributed by atoms with Crippen LogP contribution in [0.5, 0.6) is 0 Å². The number of rotatable bonds is 6. The minimum Gasteiger partial charge on any atom is -0.378 e. The fourth-order valence-corrected chi connectivity index (χ4v) is 5.29. The number of carbonyl (C=O) groups excluding carboxylic acids is 1. The molecule has 1 aromatic carbocycles. The van der Waals surface area contributed by atoms with Crippen molar-refractivity contribution in [2.24, 2.45) is 5.92 Å². The molecule has 0 radical (unpaired) electrons. The van der Waals surface area contributed by atoms with Crippen LogP contribution in [0.2, 0.25) is 0 Å². The van der Waals surface area contributed by atoms with Crippen LogP contribution in [0.3, 0.4) is 0 Å². The maximum absolute atomic E-state index is 12.9. The van der Waals surface area contributed by atoms with E-state index in [4.69, 9.17) is 4.74 Å². The van der Waals surface area contributed by atoms with Crippen LogP contribution in [-0.2, 0) is 11.2 Å². The molecule has 6 nitrogen and oxygen atoms in total.